The summed E-state index contributed by atoms with van der Waals surface area (Å²) in [7, 11) is 0. The molecule has 5 nitrogen and oxygen atoms in total. The first-order chi connectivity index (χ1) is 14.8. The Labute approximate surface area is 174 Å². The van der Waals surface area contributed by atoms with Crippen molar-refractivity contribution in [1.82, 2.24) is 15.0 Å². The monoisotopic (exact) mass is 426 g/mol. The highest BCUT2D eigenvalue weighted by Gasteiger charge is 2.33. The summed E-state index contributed by atoms with van der Waals surface area (Å²) in [5.41, 5.74) is 0.798. The van der Waals surface area contributed by atoms with Gasteiger partial charge >= 0.3 is 6.18 Å². The zero-order valence-corrected chi connectivity index (χ0v) is 15.8. The van der Waals surface area contributed by atoms with Crippen molar-refractivity contribution >= 4 is 11.6 Å². The van der Waals surface area contributed by atoms with Crippen molar-refractivity contribution in [1.29, 1.82) is 0 Å². The smallest absolute Gasteiger partial charge is 0.321 e. The summed E-state index contributed by atoms with van der Waals surface area (Å²) < 4.78 is 54.1. The third-order valence-electron chi connectivity index (χ3n) is 4.54. The van der Waals surface area contributed by atoms with Gasteiger partial charge in [-0.05, 0) is 60.7 Å². The highest BCUT2D eigenvalue weighted by atomic mass is 19.4. The molecule has 3 aromatic carbocycles. The minimum absolute atomic E-state index is 0.171. The fourth-order valence-electron chi connectivity index (χ4n) is 3.03. The summed E-state index contributed by atoms with van der Waals surface area (Å²) in [6.45, 7) is 0. The molecule has 0 radical (unpaired) electrons. The van der Waals surface area contributed by atoms with Crippen LogP contribution in [0.1, 0.15) is 15.9 Å². The molecule has 31 heavy (non-hydrogen) atoms. The van der Waals surface area contributed by atoms with Crippen LogP contribution >= 0.6 is 0 Å². The van der Waals surface area contributed by atoms with Crippen molar-refractivity contribution < 1.29 is 22.4 Å². The van der Waals surface area contributed by atoms with Gasteiger partial charge in [0.1, 0.15) is 5.82 Å². The molecule has 1 N–H and O–H groups in total. The van der Waals surface area contributed by atoms with E-state index in [4.69, 9.17) is 0 Å². The molecule has 0 saturated carbocycles. The summed E-state index contributed by atoms with van der Waals surface area (Å²) in [6, 6.07) is 16.7. The van der Waals surface area contributed by atoms with Crippen LogP contribution in [0.25, 0.3) is 16.9 Å². The van der Waals surface area contributed by atoms with E-state index in [0.717, 1.165) is 6.07 Å². The van der Waals surface area contributed by atoms with Crippen LogP contribution in [-0.4, -0.2) is 20.9 Å². The van der Waals surface area contributed by atoms with Crippen molar-refractivity contribution in [2.45, 2.75) is 6.18 Å². The number of hydrogen-bond acceptors (Lipinski definition) is 3. The van der Waals surface area contributed by atoms with E-state index < -0.39 is 17.6 Å². The average molecular weight is 426 g/mol. The number of rotatable bonds is 4. The normalized spacial score (nSPS) is 11.4. The lowest BCUT2D eigenvalue weighted by Crippen LogP contribution is -2.16. The fraction of sp³-hybridized carbons (Fsp3) is 0.0455. The SMILES string of the molecule is O=C(Nc1ccccc1C(F)(F)F)c1ccc(-n2nncc2-c2ccc(F)cc2)cc1. The Morgan fingerprint density at radius 2 is 1.58 bits per heavy atom. The van der Waals surface area contributed by atoms with Crippen LogP contribution < -0.4 is 5.32 Å². The van der Waals surface area contributed by atoms with E-state index in [1.807, 2.05) is 0 Å². The quantitative estimate of drug-likeness (QED) is 0.448. The molecule has 0 fully saturated rings. The number of alkyl halides is 3. The van der Waals surface area contributed by atoms with Gasteiger partial charge in [-0.3, -0.25) is 4.79 Å². The van der Waals surface area contributed by atoms with Crippen molar-refractivity contribution in [2.24, 2.45) is 0 Å². The van der Waals surface area contributed by atoms with E-state index in [9.17, 15) is 22.4 Å². The number of amides is 1. The lowest BCUT2D eigenvalue weighted by molar-refractivity contribution is -0.136. The summed E-state index contributed by atoms with van der Waals surface area (Å²) in [4.78, 5) is 12.5. The maximum Gasteiger partial charge on any atom is 0.418 e. The van der Waals surface area contributed by atoms with Crippen LogP contribution in [0.2, 0.25) is 0 Å². The number of benzene rings is 3. The molecule has 4 rings (SSSR count). The molecule has 1 amide bonds. The highest BCUT2D eigenvalue weighted by molar-refractivity contribution is 6.04. The second kappa shape index (κ2) is 8.02. The van der Waals surface area contributed by atoms with Gasteiger partial charge in [0.25, 0.3) is 5.91 Å². The Hall–Kier alpha value is -4.01. The summed E-state index contributed by atoms with van der Waals surface area (Å²) in [5.74, 6) is -1.05. The topological polar surface area (TPSA) is 59.8 Å². The predicted octanol–water partition coefficient (Wildman–Crippen LogP) is 5.34. The van der Waals surface area contributed by atoms with Crippen LogP contribution in [0, 0.1) is 5.82 Å². The van der Waals surface area contributed by atoms with Gasteiger partial charge in [0.05, 0.1) is 28.8 Å². The minimum atomic E-state index is -4.59. The molecule has 1 aromatic heterocycles. The molecule has 0 aliphatic heterocycles. The second-order valence-electron chi connectivity index (χ2n) is 6.58. The van der Waals surface area contributed by atoms with Crippen LogP contribution in [0.5, 0.6) is 0 Å². The van der Waals surface area contributed by atoms with E-state index in [1.54, 1.807) is 24.3 Å². The molecule has 156 valence electrons. The Morgan fingerprint density at radius 1 is 0.903 bits per heavy atom. The van der Waals surface area contributed by atoms with Crippen LogP contribution in [-0.2, 0) is 6.18 Å². The van der Waals surface area contributed by atoms with Crippen molar-refractivity contribution in [3.8, 4) is 16.9 Å². The number of para-hydroxylation sites is 1. The maximum absolute atomic E-state index is 13.2. The molecule has 0 saturated heterocycles. The van der Waals surface area contributed by atoms with Gasteiger partial charge < -0.3 is 5.32 Å². The molecule has 0 bridgehead atoms. The average Bonchev–Trinajstić information content (AvgIpc) is 3.24. The molecule has 4 aromatic rings. The molecule has 0 aliphatic rings. The third kappa shape index (κ3) is 4.30. The predicted molar refractivity (Wildman–Crippen MR) is 106 cm³/mol. The molecule has 1 heterocycles. The van der Waals surface area contributed by atoms with Gasteiger partial charge in [-0.1, -0.05) is 17.3 Å². The van der Waals surface area contributed by atoms with E-state index in [1.165, 1.54) is 53.3 Å². The summed E-state index contributed by atoms with van der Waals surface area (Å²) >= 11 is 0. The molecular formula is C22H14F4N4O. The molecule has 0 spiro atoms. The Bertz CT molecular complexity index is 1220. The van der Waals surface area contributed by atoms with Crippen molar-refractivity contribution in [2.75, 3.05) is 5.32 Å². The van der Waals surface area contributed by atoms with Crippen molar-refractivity contribution in [3.63, 3.8) is 0 Å². The Balaban J connectivity index is 1.57. The zero-order valence-electron chi connectivity index (χ0n) is 15.8. The van der Waals surface area contributed by atoms with Crippen molar-refractivity contribution in [3.05, 3.63) is 95.9 Å². The number of aromatic nitrogens is 3. The molecule has 0 atom stereocenters. The molecule has 0 aliphatic carbocycles. The Morgan fingerprint density at radius 3 is 2.26 bits per heavy atom. The van der Waals surface area contributed by atoms with Gasteiger partial charge in [0.2, 0.25) is 0 Å². The number of nitrogens with one attached hydrogen (secondary N) is 1. The lowest BCUT2D eigenvalue weighted by Gasteiger charge is -2.13. The van der Waals surface area contributed by atoms with E-state index in [2.05, 4.69) is 15.6 Å². The zero-order chi connectivity index (χ0) is 22.0. The number of nitrogens with zero attached hydrogens (tertiary/aromatic N) is 3. The first-order valence-electron chi connectivity index (χ1n) is 9.07. The number of hydrogen-bond donors (Lipinski definition) is 1. The van der Waals surface area contributed by atoms with E-state index in [-0.39, 0.29) is 17.1 Å². The number of carbonyl (C=O) groups is 1. The third-order valence-corrected chi connectivity index (χ3v) is 4.54. The van der Waals surface area contributed by atoms with Gasteiger partial charge in [-0.25, -0.2) is 9.07 Å². The second-order valence-corrected chi connectivity index (χ2v) is 6.58. The van der Waals surface area contributed by atoms with E-state index >= 15 is 0 Å². The van der Waals surface area contributed by atoms with Gasteiger partial charge in [0, 0.05) is 11.1 Å². The van der Waals surface area contributed by atoms with Crippen LogP contribution in [0.4, 0.5) is 23.2 Å². The number of carbonyl (C=O) groups excluding carboxylic acids is 1. The highest BCUT2D eigenvalue weighted by Crippen LogP contribution is 2.34. The maximum atomic E-state index is 13.2. The molecule has 9 heteroatoms. The number of anilines is 1. The van der Waals surface area contributed by atoms with Gasteiger partial charge in [-0.2, -0.15) is 13.2 Å². The Kier molecular flexibility index (Phi) is 5.24. The molecule has 0 unspecified atom stereocenters. The standard InChI is InChI=1S/C22H14F4N4O/c23-16-9-5-14(6-10-16)20-13-27-29-30(20)17-11-7-15(8-12-17)21(31)28-19-4-2-1-3-18(19)22(24,25)26/h1-13H,(H,28,31). The number of halogens is 4. The first kappa shape index (κ1) is 20.3. The first-order valence-corrected chi connectivity index (χ1v) is 9.07. The largest absolute Gasteiger partial charge is 0.418 e. The summed E-state index contributed by atoms with van der Waals surface area (Å²) in [5, 5.41) is 10.2. The van der Waals surface area contributed by atoms with Crippen LogP contribution in [0.15, 0.2) is 79.0 Å². The lowest BCUT2D eigenvalue weighted by atomic mass is 10.1. The molecular weight excluding hydrogens is 412 g/mol. The summed E-state index contributed by atoms with van der Waals surface area (Å²) in [6.07, 6.45) is -3.07. The van der Waals surface area contributed by atoms with Gasteiger partial charge in [0.15, 0.2) is 0 Å². The fourth-order valence-corrected chi connectivity index (χ4v) is 3.03. The van der Waals surface area contributed by atoms with Crippen LogP contribution in [0.3, 0.4) is 0 Å². The van der Waals surface area contributed by atoms with Gasteiger partial charge in [-0.15, -0.1) is 5.10 Å². The van der Waals surface area contributed by atoms with E-state index in [0.29, 0.717) is 16.9 Å². The minimum Gasteiger partial charge on any atom is -0.321 e.